The van der Waals surface area contributed by atoms with Crippen LogP contribution in [0.3, 0.4) is 0 Å². The Hall–Kier alpha value is -1.97. The number of nitrogens with zero attached hydrogens (tertiary/aromatic N) is 1. The van der Waals surface area contributed by atoms with Crippen LogP contribution in [0.4, 0.5) is 4.79 Å². The van der Waals surface area contributed by atoms with E-state index in [4.69, 9.17) is 4.42 Å². The fourth-order valence-electron chi connectivity index (χ4n) is 2.45. The van der Waals surface area contributed by atoms with Gasteiger partial charge < -0.3 is 14.6 Å². The topological polar surface area (TPSA) is 45.5 Å². The second-order valence-electron chi connectivity index (χ2n) is 4.94. The van der Waals surface area contributed by atoms with Gasteiger partial charge in [-0.05, 0) is 19.9 Å². The van der Waals surface area contributed by atoms with Crippen LogP contribution in [0.2, 0.25) is 0 Å². The molecule has 4 nitrogen and oxygen atoms in total. The van der Waals surface area contributed by atoms with Crippen molar-refractivity contribution < 1.29 is 9.21 Å². The molecule has 1 atom stereocenters. The first-order chi connectivity index (χ1) is 8.66. The lowest BCUT2D eigenvalue weighted by Gasteiger charge is -2.18. The Bertz CT molecular complexity index is 588. The second-order valence-corrected chi connectivity index (χ2v) is 4.94. The summed E-state index contributed by atoms with van der Waals surface area (Å²) >= 11 is 0. The Morgan fingerprint density at radius 1 is 1.39 bits per heavy atom. The normalized spacial score (nSPS) is 19.8. The van der Waals surface area contributed by atoms with Gasteiger partial charge in [-0.1, -0.05) is 18.2 Å². The molecule has 3 rings (SSSR count). The van der Waals surface area contributed by atoms with E-state index in [9.17, 15) is 4.79 Å². The number of furan rings is 1. The van der Waals surface area contributed by atoms with E-state index in [0.717, 1.165) is 16.5 Å². The van der Waals surface area contributed by atoms with Gasteiger partial charge in [-0.2, -0.15) is 0 Å². The minimum atomic E-state index is 0.000260. The third-order valence-electron chi connectivity index (χ3n) is 3.45. The van der Waals surface area contributed by atoms with Gasteiger partial charge in [0.15, 0.2) is 0 Å². The van der Waals surface area contributed by atoms with Crippen molar-refractivity contribution in [2.24, 2.45) is 0 Å². The SMILES string of the molecule is CC(C)N1CC(c2coc3ccccc23)NC1=O. The number of para-hydroxylation sites is 1. The van der Waals surface area contributed by atoms with Gasteiger partial charge in [0.25, 0.3) is 0 Å². The van der Waals surface area contributed by atoms with Gasteiger partial charge in [0.2, 0.25) is 0 Å². The van der Waals surface area contributed by atoms with Crippen LogP contribution >= 0.6 is 0 Å². The first-order valence-corrected chi connectivity index (χ1v) is 6.20. The summed E-state index contributed by atoms with van der Waals surface area (Å²) in [5, 5.41) is 4.08. The Labute approximate surface area is 106 Å². The minimum Gasteiger partial charge on any atom is -0.464 e. The van der Waals surface area contributed by atoms with Crippen molar-refractivity contribution in [1.29, 1.82) is 0 Å². The first kappa shape index (κ1) is 11.1. The van der Waals surface area contributed by atoms with Crippen LogP contribution < -0.4 is 5.32 Å². The van der Waals surface area contributed by atoms with Gasteiger partial charge in [-0.15, -0.1) is 0 Å². The maximum atomic E-state index is 11.8. The molecule has 4 heteroatoms. The molecule has 1 unspecified atom stereocenters. The molecule has 1 N–H and O–H groups in total. The van der Waals surface area contributed by atoms with Crippen molar-refractivity contribution in [3.8, 4) is 0 Å². The molecule has 1 aliphatic rings. The molecule has 0 saturated carbocycles. The van der Waals surface area contributed by atoms with Crippen molar-refractivity contribution in [2.45, 2.75) is 25.9 Å². The van der Waals surface area contributed by atoms with Crippen molar-refractivity contribution in [2.75, 3.05) is 6.54 Å². The molecule has 1 aromatic heterocycles. The van der Waals surface area contributed by atoms with E-state index in [-0.39, 0.29) is 18.1 Å². The number of hydrogen-bond donors (Lipinski definition) is 1. The number of nitrogens with one attached hydrogen (secondary N) is 1. The third-order valence-corrected chi connectivity index (χ3v) is 3.45. The van der Waals surface area contributed by atoms with E-state index in [1.807, 2.05) is 43.0 Å². The number of benzene rings is 1. The summed E-state index contributed by atoms with van der Waals surface area (Å²) in [5.41, 5.74) is 1.92. The molecule has 0 bridgehead atoms. The van der Waals surface area contributed by atoms with Crippen LogP contribution in [0.5, 0.6) is 0 Å². The maximum absolute atomic E-state index is 11.8. The highest BCUT2D eigenvalue weighted by molar-refractivity contribution is 5.84. The number of amides is 2. The van der Waals surface area contributed by atoms with E-state index in [0.29, 0.717) is 6.54 Å². The van der Waals surface area contributed by atoms with E-state index < -0.39 is 0 Å². The highest BCUT2D eigenvalue weighted by Gasteiger charge is 2.32. The lowest BCUT2D eigenvalue weighted by Crippen LogP contribution is -2.33. The van der Waals surface area contributed by atoms with Gasteiger partial charge in [-0.3, -0.25) is 0 Å². The largest absolute Gasteiger partial charge is 0.464 e. The smallest absolute Gasteiger partial charge is 0.318 e. The van der Waals surface area contributed by atoms with E-state index >= 15 is 0 Å². The maximum Gasteiger partial charge on any atom is 0.318 e. The summed E-state index contributed by atoms with van der Waals surface area (Å²) in [4.78, 5) is 13.7. The highest BCUT2D eigenvalue weighted by atomic mass is 16.3. The molecular formula is C14H16N2O2. The quantitative estimate of drug-likeness (QED) is 0.882. The van der Waals surface area contributed by atoms with Gasteiger partial charge >= 0.3 is 6.03 Å². The van der Waals surface area contributed by atoms with Crippen LogP contribution in [0.25, 0.3) is 11.0 Å². The summed E-state index contributed by atoms with van der Waals surface area (Å²) in [6.07, 6.45) is 1.75. The minimum absolute atomic E-state index is 0.000260. The van der Waals surface area contributed by atoms with E-state index in [1.54, 1.807) is 6.26 Å². The Balaban J connectivity index is 1.95. The van der Waals surface area contributed by atoms with Crippen LogP contribution in [0, 0.1) is 0 Å². The summed E-state index contributed by atoms with van der Waals surface area (Å²) in [7, 11) is 0. The first-order valence-electron chi connectivity index (χ1n) is 6.20. The van der Waals surface area contributed by atoms with E-state index in [1.165, 1.54) is 0 Å². The molecule has 0 aliphatic carbocycles. The van der Waals surface area contributed by atoms with Gasteiger partial charge in [0, 0.05) is 23.5 Å². The Morgan fingerprint density at radius 3 is 2.89 bits per heavy atom. The lowest BCUT2D eigenvalue weighted by molar-refractivity contribution is 0.206. The number of urea groups is 1. The number of carbonyl (C=O) groups is 1. The summed E-state index contributed by atoms with van der Waals surface area (Å²) in [6.45, 7) is 4.74. The lowest BCUT2D eigenvalue weighted by atomic mass is 10.1. The molecule has 18 heavy (non-hydrogen) atoms. The van der Waals surface area contributed by atoms with Crippen LogP contribution in [-0.4, -0.2) is 23.5 Å². The zero-order chi connectivity index (χ0) is 12.7. The van der Waals surface area contributed by atoms with Gasteiger partial charge in [0.05, 0.1) is 12.3 Å². The molecule has 1 aliphatic heterocycles. The average molecular weight is 244 g/mol. The fraction of sp³-hybridized carbons (Fsp3) is 0.357. The predicted octanol–water partition coefficient (Wildman–Crippen LogP) is 2.91. The molecule has 2 aromatic rings. The van der Waals surface area contributed by atoms with Crippen molar-refractivity contribution in [1.82, 2.24) is 10.2 Å². The fourth-order valence-corrected chi connectivity index (χ4v) is 2.45. The summed E-state index contributed by atoms with van der Waals surface area (Å²) < 4.78 is 5.52. The molecule has 94 valence electrons. The Morgan fingerprint density at radius 2 is 2.17 bits per heavy atom. The zero-order valence-electron chi connectivity index (χ0n) is 10.5. The second kappa shape index (κ2) is 4.05. The van der Waals surface area contributed by atoms with Crippen molar-refractivity contribution in [3.63, 3.8) is 0 Å². The monoisotopic (exact) mass is 244 g/mol. The molecular weight excluding hydrogens is 228 g/mol. The number of carbonyl (C=O) groups excluding carboxylic acids is 1. The molecule has 1 saturated heterocycles. The highest BCUT2D eigenvalue weighted by Crippen LogP contribution is 2.29. The number of hydrogen-bond acceptors (Lipinski definition) is 2. The molecule has 1 aromatic carbocycles. The zero-order valence-corrected chi connectivity index (χ0v) is 10.5. The standard InChI is InChI=1S/C14H16N2O2/c1-9(2)16-7-12(15-14(16)17)11-8-18-13-6-4-3-5-10(11)13/h3-6,8-9,12H,7H2,1-2H3,(H,15,17). The van der Waals surface area contributed by atoms with E-state index in [2.05, 4.69) is 5.32 Å². The van der Waals surface area contributed by atoms with Crippen LogP contribution in [-0.2, 0) is 0 Å². The van der Waals surface area contributed by atoms with Crippen molar-refractivity contribution >= 4 is 17.0 Å². The third kappa shape index (κ3) is 1.65. The molecule has 0 spiro atoms. The average Bonchev–Trinajstić information content (AvgIpc) is 2.92. The predicted molar refractivity (Wildman–Crippen MR) is 69.3 cm³/mol. The summed E-state index contributed by atoms with van der Waals surface area (Å²) in [6, 6.07) is 8.13. The van der Waals surface area contributed by atoms with Crippen LogP contribution in [0.15, 0.2) is 34.9 Å². The molecule has 2 amide bonds. The molecule has 1 fully saturated rings. The number of fused-ring (bicyclic) bond motifs is 1. The molecule has 0 radical (unpaired) electrons. The Kier molecular flexibility index (Phi) is 2.51. The van der Waals surface area contributed by atoms with Crippen LogP contribution in [0.1, 0.15) is 25.5 Å². The molecule has 2 heterocycles. The van der Waals surface area contributed by atoms with Crippen molar-refractivity contribution in [3.05, 3.63) is 36.1 Å². The number of rotatable bonds is 2. The van der Waals surface area contributed by atoms with Gasteiger partial charge in [0.1, 0.15) is 5.58 Å². The summed E-state index contributed by atoms with van der Waals surface area (Å²) in [5.74, 6) is 0. The van der Waals surface area contributed by atoms with Gasteiger partial charge in [-0.25, -0.2) is 4.79 Å².